The molecule has 1 aromatic carbocycles. The van der Waals surface area contributed by atoms with E-state index in [1.807, 2.05) is 12.1 Å². The molecule has 0 bridgehead atoms. The van der Waals surface area contributed by atoms with Gasteiger partial charge < -0.3 is 11.1 Å². The zero-order valence-corrected chi connectivity index (χ0v) is 11.7. The van der Waals surface area contributed by atoms with Crippen LogP contribution >= 0.6 is 0 Å². The molecule has 0 spiro atoms. The summed E-state index contributed by atoms with van der Waals surface area (Å²) < 4.78 is 0. The summed E-state index contributed by atoms with van der Waals surface area (Å²) in [5.74, 6) is 1.82. The summed E-state index contributed by atoms with van der Waals surface area (Å²) in [7, 11) is 0. The normalized spacial score (nSPS) is 23.9. The van der Waals surface area contributed by atoms with Crippen LogP contribution in [-0.2, 0) is 0 Å². The van der Waals surface area contributed by atoms with E-state index in [0.717, 1.165) is 24.1 Å². The first-order valence-electron chi connectivity index (χ1n) is 7.29. The summed E-state index contributed by atoms with van der Waals surface area (Å²) in [5, 5.41) is 3.58. The van der Waals surface area contributed by atoms with Gasteiger partial charge in [-0.3, -0.25) is 0 Å². The summed E-state index contributed by atoms with van der Waals surface area (Å²) in [6.45, 7) is 5.51. The predicted molar refractivity (Wildman–Crippen MR) is 79.8 cm³/mol. The summed E-state index contributed by atoms with van der Waals surface area (Å²) in [4.78, 5) is 0. The van der Waals surface area contributed by atoms with Crippen molar-refractivity contribution in [1.29, 1.82) is 0 Å². The third-order valence-corrected chi connectivity index (χ3v) is 4.50. The molecule has 1 aliphatic rings. The van der Waals surface area contributed by atoms with Crippen molar-refractivity contribution >= 4 is 11.4 Å². The second-order valence-corrected chi connectivity index (χ2v) is 5.70. The Balaban J connectivity index is 1.83. The average Bonchev–Trinajstić information content (AvgIpc) is 2.41. The van der Waals surface area contributed by atoms with Crippen molar-refractivity contribution in [2.24, 2.45) is 11.8 Å². The van der Waals surface area contributed by atoms with E-state index in [0.29, 0.717) is 0 Å². The molecule has 1 aromatic rings. The Morgan fingerprint density at radius 3 is 2.50 bits per heavy atom. The average molecular weight is 246 g/mol. The summed E-state index contributed by atoms with van der Waals surface area (Å²) in [6, 6.07) is 6.12. The molecule has 2 heteroatoms. The van der Waals surface area contributed by atoms with E-state index in [1.165, 1.54) is 43.4 Å². The lowest BCUT2D eigenvalue weighted by atomic mass is 9.81. The number of anilines is 2. The maximum atomic E-state index is 5.93. The first-order chi connectivity index (χ1) is 8.70. The molecule has 0 saturated heterocycles. The second-order valence-electron chi connectivity index (χ2n) is 5.70. The molecule has 0 radical (unpaired) electrons. The topological polar surface area (TPSA) is 38.0 Å². The molecule has 2 nitrogen and oxygen atoms in total. The van der Waals surface area contributed by atoms with Crippen molar-refractivity contribution in [1.82, 2.24) is 0 Å². The molecule has 1 saturated carbocycles. The number of hydrogen-bond donors (Lipinski definition) is 2. The monoisotopic (exact) mass is 246 g/mol. The van der Waals surface area contributed by atoms with Crippen LogP contribution in [0.2, 0.25) is 0 Å². The van der Waals surface area contributed by atoms with Gasteiger partial charge in [0.15, 0.2) is 0 Å². The van der Waals surface area contributed by atoms with Gasteiger partial charge in [-0.25, -0.2) is 0 Å². The van der Waals surface area contributed by atoms with Crippen molar-refractivity contribution < 1.29 is 0 Å². The van der Waals surface area contributed by atoms with E-state index >= 15 is 0 Å². The Bertz CT molecular complexity index is 379. The molecule has 0 amide bonds. The van der Waals surface area contributed by atoms with Gasteiger partial charge in [-0.1, -0.05) is 32.3 Å². The molecular formula is C16H26N2. The van der Waals surface area contributed by atoms with Gasteiger partial charge in [-0.2, -0.15) is 0 Å². The highest BCUT2D eigenvalue weighted by molar-refractivity contribution is 5.62. The van der Waals surface area contributed by atoms with Crippen LogP contribution in [0, 0.1) is 18.8 Å². The summed E-state index contributed by atoms with van der Waals surface area (Å²) in [5.41, 5.74) is 9.19. The Kier molecular flexibility index (Phi) is 4.51. The zero-order chi connectivity index (χ0) is 13.0. The maximum Gasteiger partial charge on any atom is 0.0390 e. The highest BCUT2D eigenvalue weighted by atomic mass is 14.9. The van der Waals surface area contributed by atoms with E-state index in [4.69, 9.17) is 5.73 Å². The fraction of sp³-hybridized carbons (Fsp3) is 0.625. The molecule has 100 valence electrons. The third-order valence-electron chi connectivity index (χ3n) is 4.50. The number of hydrogen-bond acceptors (Lipinski definition) is 2. The van der Waals surface area contributed by atoms with Crippen molar-refractivity contribution in [2.75, 3.05) is 17.6 Å². The lowest BCUT2D eigenvalue weighted by Gasteiger charge is -2.28. The first-order valence-corrected chi connectivity index (χ1v) is 7.29. The Hall–Kier alpha value is -1.18. The number of rotatable bonds is 4. The van der Waals surface area contributed by atoms with Gasteiger partial charge in [0.25, 0.3) is 0 Å². The molecule has 0 unspecified atom stereocenters. The molecule has 1 fully saturated rings. The minimum absolute atomic E-state index is 0.841. The highest BCUT2D eigenvalue weighted by Crippen LogP contribution is 2.31. The molecular weight excluding hydrogens is 220 g/mol. The van der Waals surface area contributed by atoms with Crippen molar-refractivity contribution in [3.63, 3.8) is 0 Å². The van der Waals surface area contributed by atoms with Crippen molar-refractivity contribution in [3.05, 3.63) is 23.8 Å². The van der Waals surface area contributed by atoms with Gasteiger partial charge in [0, 0.05) is 17.9 Å². The molecule has 0 aliphatic heterocycles. The third kappa shape index (κ3) is 3.18. The standard InChI is InChI=1S/C16H26N2/c1-3-13-7-9-14(10-8-13)11-18-16-6-4-5-15(17)12(16)2/h4-6,13-14,18H,3,7-11,17H2,1-2H3. The number of nitrogens with two attached hydrogens (primary N) is 1. The molecule has 18 heavy (non-hydrogen) atoms. The number of nitrogen functional groups attached to an aromatic ring is 1. The highest BCUT2D eigenvalue weighted by Gasteiger charge is 2.19. The van der Waals surface area contributed by atoms with Crippen LogP contribution in [0.4, 0.5) is 11.4 Å². The van der Waals surface area contributed by atoms with Gasteiger partial charge in [0.1, 0.15) is 0 Å². The molecule has 0 heterocycles. The minimum Gasteiger partial charge on any atom is -0.398 e. The SMILES string of the molecule is CCC1CCC(CNc2cccc(N)c2C)CC1. The van der Waals surface area contributed by atoms with Crippen LogP contribution in [0.5, 0.6) is 0 Å². The maximum absolute atomic E-state index is 5.93. The Morgan fingerprint density at radius 2 is 1.83 bits per heavy atom. The first kappa shape index (κ1) is 13.3. The van der Waals surface area contributed by atoms with Crippen LogP contribution in [0.15, 0.2) is 18.2 Å². The lowest BCUT2D eigenvalue weighted by Crippen LogP contribution is -2.21. The second kappa shape index (κ2) is 6.12. The van der Waals surface area contributed by atoms with Crippen molar-refractivity contribution in [2.45, 2.75) is 46.0 Å². The van der Waals surface area contributed by atoms with E-state index in [-0.39, 0.29) is 0 Å². The molecule has 3 N–H and O–H groups in total. The lowest BCUT2D eigenvalue weighted by molar-refractivity contribution is 0.278. The minimum atomic E-state index is 0.841. The van der Waals surface area contributed by atoms with Gasteiger partial charge in [0.2, 0.25) is 0 Å². The molecule has 0 atom stereocenters. The Morgan fingerprint density at radius 1 is 1.17 bits per heavy atom. The summed E-state index contributed by atoms with van der Waals surface area (Å²) >= 11 is 0. The molecule has 1 aliphatic carbocycles. The largest absolute Gasteiger partial charge is 0.398 e. The smallest absolute Gasteiger partial charge is 0.0390 e. The van der Waals surface area contributed by atoms with E-state index in [9.17, 15) is 0 Å². The number of nitrogens with one attached hydrogen (secondary N) is 1. The predicted octanol–water partition coefficient (Wildman–Crippen LogP) is 4.21. The van der Waals surface area contributed by atoms with E-state index in [1.54, 1.807) is 0 Å². The van der Waals surface area contributed by atoms with Crippen LogP contribution in [0.3, 0.4) is 0 Å². The number of benzene rings is 1. The van der Waals surface area contributed by atoms with Gasteiger partial charge >= 0.3 is 0 Å². The fourth-order valence-corrected chi connectivity index (χ4v) is 2.94. The van der Waals surface area contributed by atoms with E-state index in [2.05, 4.69) is 25.2 Å². The van der Waals surface area contributed by atoms with Gasteiger partial charge in [0.05, 0.1) is 0 Å². The van der Waals surface area contributed by atoms with Crippen LogP contribution in [0.1, 0.15) is 44.6 Å². The van der Waals surface area contributed by atoms with Gasteiger partial charge in [-0.15, -0.1) is 0 Å². The van der Waals surface area contributed by atoms with Crippen molar-refractivity contribution in [3.8, 4) is 0 Å². The van der Waals surface area contributed by atoms with Gasteiger partial charge in [-0.05, 0) is 49.3 Å². The molecule has 2 rings (SSSR count). The van der Waals surface area contributed by atoms with Crippen LogP contribution < -0.4 is 11.1 Å². The zero-order valence-electron chi connectivity index (χ0n) is 11.7. The Labute approximate surface area is 111 Å². The van der Waals surface area contributed by atoms with Crippen LogP contribution in [0.25, 0.3) is 0 Å². The van der Waals surface area contributed by atoms with E-state index < -0.39 is 0 Å². The van der Waals surface area contributed by atoms with Crippen LogP contribution in [-0.4, -0.2) is 6.54 Å². The summed E-state index contributed by atoms with van der Waals surface area (Å²) in [6.07, 6.45) is 6.95. The fourth-order valence-electron chi connectivity index (χ4n) is 2.94. The molecule has 0 aromatic heterocycles. The quantitative estimate of drug-likeness (QED) is 0.781.